The molecule has 3 aliphatic heterocycles. The van der Waals surface area contributed by atoms with Gasteiger partial charge < -0.3 is 13.9 Å². The van der Waals surface area contributed by atoms with Gasteiger partial charge in [0.25, 0.3) is 5.91 Å². The highest BCUT2D eigenvalue weighted by Gasteiger charge is 2.44. The number of nitrogens with zero attached hydrogens (tertiary/aromatic N) is 4. The van der Waals surface area contributed by atoms with Crippen LogP contribution in [0.1, 0.15) is 72.7 Å². The Balaban J connectivity index is 0.989. The Bertz CT molecular complexity index is 1910. The van der Waals surface area contributed by atoms with Crippen LogP contribution in [0.4, 0.5) is 0 Å². The lowest BCUT2D eigenvalue weighted by atomic mass is 9.70. The Morgan fingerprint density at radius 1 is 0.889 bits per heavy atom. The first-order valence-electron chi connectivity index (χ1n) is 16.6. The number of aryl methyl sites for hydroxylation is 1. The van der Waals surface area contributed by atoms with Crippen molar-refractivity contribution in [2.45, 2.75) is 75.4 Å². The van der Waals surface area contributed by atoms with Crippen LogP contribution in [0.3, 0.4) is 0 Å². The van der Waals surface area contributed by atoms with Crippen LogP contribution in [-0.2, 0) is 5.41 Å². The number of amides is 1. The second kappa shape index (κ2) is 11.3. The number of carbonyl (C=O) groups excluding carboxylic acids is 1. The highest BCUT2D eigenvalue weighted by atomic mass is 16.4. The Morgan fingerprint density at radius 2 is 1.58 bits per heavy atom. The van der Waals surface area contributed by atoms with Crippen LogP contribution in [0, 0.1) is 6.92 Å². The number of fused-ring (bicyclic) bond motifs is 4. The summed E-state index contributed by atoms with van der Waals surface area (Å²) >= 11 is 0. The number of hydrogen-bond donors (Lipinski definition) is 0. The molecule has 8 rings (SSSR count). The van der Waals surface area contributed by atoms with E-state index in [1.54, 1.807) is 12.1 Å². The smallest absolute Gasteiger partial charge is 0.349 e. The molecule has 230 valence electrons. The number of imidazole rings is 1. The van der Waals surface area contributed by atoms with Gasteiger partial charge in [0, 0.05) is 36.6 Å². The van der Waals surface area contributed by atoms with E-state index >= 15 is 0 Å². The van der Waals surface area contributed by atoms with E-state index in [4.69, 9.17) is 9.40 Å². The van der Waals surface area contributed by atoms with E-state index in [0.29, 0.717) is 36.8 Å². The molecular formula is C38H40N4O3. The summed E-state index contributed by atoms with van der Waals surface area (Å²) in [5.41, 5.74) is 3.80. The summed E-state index contributed by atoms with van der Waals surface area (Å²) in [5.74, 6) is 0.901. The number of likely N-dealkylation sites (tertiary alicyclic amines) is 1. The van der Waals surface area contributed by atoms with Crippen molar-refractivity contribution in [1.29, 1.82) is 0 Å². The van der Waals surface area contributed by atoms with Crippen molar-refractivity contribution in [1.82, 2.24) is 19.4 Å². The average Bonchev–Trinajstić information content (AvgIpc) is 3.53. The van der Waals surface area contributed by atoms with Crippen molar-refractivity contribution >= 4 is 27.9 Å². The van der Waals surface area contributed by atoms with Crippen molar-refractivity contribution in [2.24, 2.45) is 0 Å². The first kappa shape index (κ1) is 28.3. The number of piperidine rings is 2. The second-order valence-corrected chi connectivity index (χ2v) is 13.4. The van der Waals surface area contributed by atoms with Gasteiger partial charge in [-0.05, 0) is 93.7 Å². The molecule has 0 radical (unpaired) electrons. The first-order valence-corrected chi connectivity index (χ1v) is 16.6. The molecule has 2 bridgehead atoms. The van der Waals surface area contributed by atoms with E-state index in [9.17, 15) is 9.59 Å². The summed E-state index contributed by atoms with van der Waals surface area (Å²) in [6.07, 6.45) is 7.71. The van der Waals surface area contributed by atoms with Crippen molar-refractivity contribution in [3.8, 4) is 0 Å². The molecule has 7 heteroatoms. The number of rotatable bonds is 6. The summed E-state index contributed by atoms with van der Waals surface area (Å²) in [7, 11) is 0. The van der Waals surface area contributed by atoms with Crippen LogP contribution in [0.2, 0.25) is 0 Å². The van der Waals surface area contributed by atoms with Gasteiger partial charge >= 0.3 is 5.63 Å². The quantitative estimate of drug-likeness (QED) is 0.199. The molecule has 45 heavy (non-hydrogen) atoms. The maximum Gasteiger partial charge on any atom is 0.349 e. The fourth-order valence-electron chi connectivity index (χ4n) is 8.78. The number of para-hydroxylation sites is 3. The van der Waals surface area contributed by atoms with Crippen LogP contribution in [-0.4, -0.2) is 57.0 Å². The maximum absolute atomic E-state index is 13.6. The predicted octanol–water partition coefficient (Wildman–Crippen LogP) is 6.88. The van der Waals surface area contributed by atoms with Gasteiger partial charge in [0.05, 0.1) is 11.0 Å². The van der Waals surface area contributed by atoms with Gasteiger partial charge in [-0.25, -0.2) is 9.78 Å². The Morgan fingerprint density at radius 3 is 2.36 bits per heavy atom. The molecule has 5 heterocycles. The van der Waals surface area contributed by atoms with Crippen molar-refractivity contribution in [2.75, 3.05) is 19.6 Å². The van der Waals surface area contributed by atoms with Crippen molar-refractivity contribution < 1.29 is 9.21 Å². The van der Waals surface area contributed by atoms with E-state index in [2.05, 4.69) is 71.0 Å². The molecule has 7 nitrogen and oxygen atoms in total. The van der Waals surface area contributed by atoms with Gasteiger partial charge in [0.2, 0.25) is 0 Å². The lowest BCUT2D eigenvalue weighted by molar-refractivity contribution is 0.0603. The summed E-state index contributed by atoms with van der Waals surface area (Å²) in [5, 5.41) is 0.769. The van der Waals surface area contributed by atoms with Gasteiger partial charge in [-0.2, -0.15) is 0 Å². The highest BCUT2D eigenvalue weighted by Crippen LogP contribution is 2.45. The van der Waals surface area contributed by atoms with E-state index in [0.717, 1.165) is 42.5 Å². The molecule has 1 unspecified atom stereocenters. The minimum atomic E-state index is -0.559. The molecule has 2 aromatic heterocycles. The second-order valence-electron chi connectivity index (χ2n) is 13.4. The minimum absolute atomic E-state index is 0.000475. The van der Waals surface area contributed by atoms with Crippen LogP contribution < -0.4 is 5.63 Å². The fourth-order valence-corrected chi connectivity index (χ4v) is 8.78. The van der Waals surface area contributed by atoms with Crippen LogP contribution in [0.15, 0.2) is 94.1 Å². The molecule has 3 aliphatic rings. The standard InChI is InChI=1S/C38H40N4O3/c1-26-39-33-12-6-7-13-34(33)42(26)31-24-29-15-16-30(25-31)41(29)22-19-38(28-10-3-2-4-11-28)17-20-40(21-18-38)36(43)32-23-27-9-5-8-14-35(27)45-37(32)44/h2-14,23,29-31H,15-22,24-25H2,1H3/t29-,30+,31?. The Hall–Kier alpha value is -4.23. The molecule has 0 aliphatic carbocycles. The minimum Gasteiger partial charge on any atom is -0.422 e. The molecule has 0 saturated carbocycles. The molecule has 3 saturated heterocycles. The number of aromatic nitrogens is 2. The predicted molar refractivity (Wildman–Crippen MR) is 177 cm³/mol. The lowest BCUT2D eigenvalue weighted by Crippen LogP contribution is -2.49. The van der Waals surface area contributed by atoms with E-state index in [1.807, 2.05) is 23.1 Å². The zero-order valence-electron chi connectivity index (χ0n) is 25.9. The third-order valence-corrected chi connectivity index (χ3v) is 11.1. The average molecular weight is 601 g/mol. The van der Waals surface area contributed by atoms with E-state index < -0.39 is 5.63 Å². The summed E-state index contributed by atoms with van der Waals surface area (Å²) in [6, 6.07) is 30.2. The lowest BCUT2D eigenvalue weighted by Gasteiger charge is -2.45. The molecule has 1 amide bonds. The van der Waals surface area contributed by atoms with Gasteiger partial charge in [0.1, 0.15) is 17.0 Å². The van der Waals surface area contributed by atoms with Crippen molar-refractivity contribution in [3.05, 3.63) is 112 Å². The van der Waals surface area contributed by atoms with E-state index in [-0.39, 0.29) is 16.9 Å². The van der Waals surface area contributed by atoms with Crippen LogP contribution in [0.5, 0.6) is 0 Å². The number of hydrogen-bond acceptors (Lipinski definition) is 5. The van der Waals surface area contributed by atoms with Crippen LogP contribution in [0.25, 0.3) is 22.0 Å². The largest absolute Gasteiger partial charge is 0.422 e. The zero-order valence-corrected chi connectivity index (χ0v) is 25.9. The van der Waals surface area contributed by atoms with Crippen LogP contribution >= 0.6 is 0 Å². The van der Waals surface area contributed by atoms with Gasteiger partial charge in [-0.1, -0.05) is 60.7 Å². The Labute approximate surface area is 263 Å². The van der Waals surface area contributed by atoms with E-state index in [1.165, 1.54) is 36.8 Å². The molecule has 3 atom stereocenters. The zero-order chi connectivity index (χ0) is 30.5. The highest BCUT2D eigenvalue weighted by molar-refractivity contribution is 5.96. The maximum atomic E-state index is 13.6. The molecular weight excluding hydrogens is 560 g/mol. The molecule has 5 aromatic rings. The van der Waals surface area contributed by atoms with Crippen molar-refractivity contribution in [3.63, 3.8) is 0 Å². The fraction of sp³-hybridized carbons (Fsp3) is 0.395. The molecule has 3 fully saturated rings. The summed E-state index contributed by atoms with van der Waals surface area (Å²) in [4.78, 5) is 35.9. The van der Waals surface area contributed by atoms with Gasteiger partial charge in [0.15, 0.2) is 0 Å². The summed E-state index contributed by atoms with van der Waals surface area (Å²) < 4.78 is 8.00. The third-order valence-electron chi connectivity index (χ3n) is 11.1. The number of benzene rings is 3. The molecule has 0 N–H and O–H groups in total. The molecule has 3 aromatic carbocycles. The third kappa shape index (κ3) is 4.98. The monoisotopic (exact) mass is 600 g/mol. The first-order chi connectivity index (χ1) is 22.0. The Kier molecular flexibility index (Phi) is 7.09. The topological polar surface area (TPSA) is 71.6 Å². The molecule has 0 spiro atoms. The van der Waals surface area contributed by atoms with Gasteiger partial charge in [-0.15, -0.1) is 0 Å². The number of carbonyl (C=O) groups is 1. The SMILES string of the molecule is Cc1nc2ccccc2n1C1C[C@H]2CC[C@@H](C1)N2CCC1(c2ccccc2)CCN(C(=O)c2cc3ccccc3oc2=O)CC1. The summed E-state index contributed by atoms with van der Waals surface area (Å²) in [6.45, 7) is 4.48. The van der Waals surface area contributed by atoms with Gasteiger partial charge in [-0.3, -0.25) is 9.69 Å². The normalized spacial score (nSPS) is 23.1.